The molecule has 1 aromatic heterocycles. The SMILES string of the molecule is CB1OCc2cc(N(C)c3cc(C#N)ccn3)ccc21. The van der Waals surface area contributed by atoms with Crippen molar-refractivity contribution in [1.82, 2.24) is 4.98 Å². The molecule has 4 nitrogen and oxygen atoms in total. The Morgan fingerprint density at radius 3 is 3.00 bits per heavy atom. The lowest BCUT2D eigenvalue weighted by Gasteiger charge is -2.19. The molecule has 0 spiro atoms. The van der Waals surface area contributed by atoms with Gasteiger partial charge in [0.05, 0.1) is 18.2 Å². The molecule has 0 bridgehead atoms. The van der Waals surface area contributed by atoms with E-state index >= 15 is 0 Å². The van der Waals surface area contributed by atoms with Crippen molar-refractivity contribution in [2.45, 2.75) is 13.4 Å². The Morgan fingerprint density at radius 1 is 1.35 bits per heavy atom. The third kappa shape index (κ3) is 2.15. The van der Waals surface area contributed by atoms with Crippen molar-refractivity contribution in [3.63, 3.8) is 0 Å². The van der Waals surface area contributed by atoms with Gasteiger partial charge in [-0.1, -0.05) is 12.9 Å². The second-order valence-electron chi connectivity index (χ2n) is 4.91. The maximum atomic E-state index is 8.96. The largest absolute Gasteiger partial charge is 0.427 e. The van der Waals surface area contributed by atoms with Crippen LogP contribution in [0, 0.1) is 11.3 Å². The minimum absolute atomic E-state index is 0.171. The summed E-state index contributed by atoms with van der Waals surface area (Å²) in [5, 5.41) is 8.96. The van der Waals surface area contributed by atoms with Crippen LogP contribution in [0.1, 0.15) is 11.1 Å². The van der Waals surface area contributed by atoms with Crippen LogP contribution < -0.4 is 10.4 Å². The van der Waals surface area contributed by atoms with Crippen LogP contribution in [0.15, 0.2) is 36.5 Å². The van der Waals surface area contributed by atoms with Crippen molar-refractivity contribution in [2.24, 2.45) is 0 Å². The Morgan fingerprint density at radius 2 is 2.20 bits per heavy atom. The van der Waals surface area contributed by atoms with E-state index in [1.807, 2.05) is 11.9 Å². The highest BCUT2D eigenvalue weighted by Crippen LogP contribution is 2.24. The van der Waals surface area contributed by atoms with Crippen LogP contribution in [-0.2, 0) is 11.3 Å². The molecular weight excluding hydrogens is 249 g/mol. The first-order chi connectivity index (χ1) is 9.69. The lowest BCUT2D eigenvalue weighted by atomic mass is 9.64. The number of pyridine rings is 1. The lowest BCUT2D eigenvalue weighted by Crippen LogP contribution is -2.24. The number of rotatable bonds is 2. The maximum absolute atomic E-state index is 8.96. The second kappa shape index (κ2) is 4.99. The Hall–Kier alpha value is -2.32. The smallest absolute Gasteiger partial charge is 0.324 e. The number of nitrogens with zero attached hydrogens (tertiary/aromatic N) is 3. The molecule has 0 atom stereocenters. The van der Waals surface area contributed by atoms with Gasteiger partial charge in [0, 0.05) is 18.9 Å². The Balaban J connectivity index is 1.95. The van der Waals surface area contributed by atoms with E-state index in [9.17, 15) is 0 Å². The molecule has 0 aliphatic carbocycles. The minimum atomic E-state index is 0.171. The maximum Gasteiger partial charge on any atom is 0.324 e. The van der Waals surface area contributed by atoms with Crippen molar-refractivity contribution >= 4 is 23.9 Å². The summed E-state index contributed by atoms with van der Waals surface area (Å²) in [6, 6.07) is 11.9. The number of hydrogen-bond acceptors (Lipinski definition) is 4. The summed E-state index contributed by atoms with van der Waals surface area (Å²) in [5.74, 6) is 0.760. The van der Waals surface area contributed by atoms with Crippen LogP contribution in [-0.4, -0.2) is 18.9 Å². The number of fused-ring (bicyclic) bond motifs is 1. The summed E-state index contributed by atoms with van der Waals surface area (Å²) in [6.45, 7) is 2.89. The molecule has 0 radical (unpaired) electrons. The molecule has 98 valence electrons. The van der Waals surface area contributed by atoms with Gasteiger partial charge in [-0.2, -0.15) is 5.26 Å². The summed E-state index contributed by atoms with van der Waals surface area (Å²) >= 11 is 0. The van der Waals surface area contributed by atoms with Gasteiger partial charge in [0.2, 0.25) is 0 Å². The van der Waals surface area contributed by atoms with Crippen molar-refractivity contribution in [3.05, 3.63) is 47.7 Å². The molecule has 0 amide bonds. The van der Waals surface area contributed by atoms with E-state index in [0.717, 1.165) is 11.5 Å². The number of aromatic nitrogens is 1. The van der Waals surface area contributed by atoms with Gasteiger partial charge >= 0.3 is 6.92 Å². The average molecular weight is 263 g/mol. The van der Waals surface area contributed by atoms with E-state index < -0.39 is 0 Å². The van der Waals surface area contributed by atoms with Gasteiger partial charge in [-0.15, -0.1) is 0 Å². The highest BCUT2D eigenvalue weighted by atomic mass is 16.4. The lowest BCUT2D eigenvalue weighted by molar-refractivity contribution is 0.333. The highest BCUT2D eigenvalue weighted by Gasteiger charge is 2.23. The van der Waals surface area contributed by atoms with Crippen LogP contribution in [0.4, 0.5) is 11.5 Å². The van der Waals surface area contributed by atoms with E-state index in [0.29, 0.717) is 12.2 Å². The number of anilines is 2. The fourth-order valence-electron chi connectivity index (χ4n) is 2.43. The van der Waals surface area contributed by atoms with Crippen molar-refractivity contribution in [1.29, 1.82) is 5.26 Å². The predicted molar refractivity (Wildman–Crippen MR) is 79.5 cm³/mol. The first-order valence-corrected chi connectivity index (χ1v) is 6.53. The molecule has 0 N–H and O–H groups in total. The van der Waals surface area contributed by atoms with Gasteiger partial charge in [-0.3, -0.25) is 0 Å². The van der Waals surface area contributed by atoms with E-state index in [2.05, 4.69) is 36.1 Å². The molecule has 1 aliphatic rings. The zero-order valence-corrected chi connectivity index (χ0v) is 11.5. The summed E-state index contributed by atoms with van der Waals surface area (Å²) in [7, 11) is 1.95. The van der Waals surface area contributed by atoms with Crippen molar-refractivity contribution in [3.8, 4) is 6.07 Å². The Bertz CT molecular complexity index is 696. The van der Waals surface area contributed by atoms with Crippen LogP contribution in [0.3, 0.4) is 0 Å². The topological polar surface area (TPSA) is 49.1 Å². The van der Waals surface area contributed by atoms with Gasteiger partial charge in [-0.25, -0.2) is 4.98 Å². The number of nitriles is 1. The summed E-state index contributed by atoms with van der Waals surface area (Å²) in [4.78, 5) is 6.29. The molecule has 5 heteroatoms. The number of benzene rings is 1. The minimum Gasteiger partial charge on any atom is -0.427 e. The third-order valence-corrected chi connectivity index (χ3v) is 3.66. The zero-order chi connectivity index (χ0) is 14.1. The number of hydrogen-bond donors (Lipinski definition) is 0. The van der Waals surface area contributed by atoms with Crippen molar-refractivity contribution < 1.29 is 4.65 Å². The molecule has 2 heterocycles. The first kappa shape index (κ1) is 12.7. The Kier molecular flexibility index (Phi) is 3.17. The first-order valence-electron chi connectivity index (χ1n) is 6.53. The molecule has 1 aliphatic heterocycles. The third-order valence-electron chi connectivity index (χ3n) is 3.66. The molecule has 20 heavy (non-hydrogen) atoms. The fourth-order valence-corrected chi connectivity index (χ4v) is 2.43. The van der Waals surface area contributed by atoms with Crippen molar-refractivity contribution in [2.75, 3.05) is 11.9 Å². The molecule has 2 aromatic rings. The van der Waals surface area contributed by atoms with Crippen LogP contribution in [0.25, 0.3) is 0 Å². The standard InChI is InChI=1S/C15H14BN3O/c1-16-14-4-3-13(8-12(14)10-20-16)19(2)15-7-11(9-17)5-6-18-15/h3-8H,10H2,1-2H3. The molecular formula is C15H14BN3O. The molecule has 3 rings (SSSR count). The Labute approximate surface area is 118 Å². The molecule has 0 fully saturated rings. The second-order valence-corrected chi connectivity index (χ2v) is 4.91. The van der Waals surface area contributed by atoms with Gasteiger partial charge in [0.1, 0.15) is 5.82 Å². The van der Waals surface area contributed by atoms with E-state index in [-0.39, 0.29) is 6.92 Å². The van der Waals surface area contributed by atoms with Crippen LogP contribution in [0.2, 0.25) is 6.82 Å². The summed E-state index contributed by atoms with van der Waals surface area (Å²) in [5.41, 5.74) is 4.13. The van der Waals surface area contributed by atoms with Gasteiger partial charge < -0.3 is 9.55 Å². The van der Waals surface area contributed by atoms with E-state index in [1.54, 1.807) is 18.3 Å². The van der Waals surface area contributed by atoms with Gasteiger partial charge in [-0.05, 0) is 35.3 Å². The van der Waals surface area contributed by atoms with E-state index in [1.165, 1.54) is 11.0 Å². The normalized spacial score (nSPS) is 12.9. The average Bonchev–Trinajstić information content (AvgIpc) is 2.87. The fraction of sp³-hybridized carbons (Fsp3) is 0.200. The molecule has 0 saturated heterocycles. The molecule has 0 saturated carbocycles. The van der Waals surface area contributed by atoms with E-state index in [4.69, 9.17) is 9.92 Å². The van der Waals surface area contributed by atoms with Crippen LogP contribution >= 0.6 is 0 Å². The molecule has 1 aromatic carbocycles. The quantitative estimate of drug-likeness (QED) is 0.778. The van der Waals surface area contributed by atoms with Crippen LogP contribution in [0.5, 0.6) is 0 Å². The summed E-state index contributed by atoms with van der Waals surface area (Å²) < 4.78 is 5.62. The summed E-state index contributed by atoms with van der Waals surface area (Å²) in [6.07, 6.45) is 1.66. The predicted octanol–water partition coefficient (Wildman–Crippen LogP) is 2.08. The zero-order valence-electron chi connectivity index (χ0n) is 11.5. The molecule has 0 unspecified atom stereocenters. The monoisotopic (exact) mass is 263 g/mol. The highest BCUT2D eigenvalue weighted by molar-refractivity contribution is 6.67. The van der Waals surface area contributed by atoms with Gasteiger partial charge in [0.15, 0.2) is 0 Å². The van der Waals surface area contributed by atoms with Gasteiger partial charge in [0.25, 0.3) is 0 Å².